The van der Waals surface area contributed by atoms with Crippen LogP contribution in [0, 0.1) is 0 Å². The molecule has 0 radical (unpaired) electrons. The van der Waals surface area contributed by atoms with Gasteiger partial charge in [0.2, 0.25) is 5.91 Å². The van der Waals surface area contributed by atoms with Gasteiger partial charge in [0.05, 0.1) is 12.1 Å². The molecule has 180 valence electrons. The quantitative estimate of drug-likeness (QED) is 0.615. The Hall–Kier alpha value is -3.57. The lowest BCUT2D eigenvalue weighted by molar-refractivity contribution is -0.892. The van der Waals surface area contributed by atoms with E-state index in [1.54, 1.807) is 27.1 Å². The maximum atomic E-state index is 13.6. The van der Waals surface area contributed by atoms with Gasteiger partial charge in [-0.2, -0.15) is 0 Å². The second-order valence-corrected chi connectivity index (χ2v) is 8.80. The van der Waals surface area contributed by atoms with Crippen LogP contribution in [0.3, 0.4) is 0 Å². The minimum atomic E-state index is -1.14. The van der Waals surface area contributed by atoms with Gasteiger partial charge in [0.25, 0.3) is 0 Å². The number of benzene rings is 1. The highest BCUT2D eigenvalue weighted by atomic mass is 16.4. The first kappa shape index (κ1) is 23.6. The van der Waals surface area contributed by atoms with Crippen LogP contribution in [-0.2, 0) is 20.9 Å². The van der Waals surface area contributed by atoms with Crippen LogP contribution in [0.2, 0.25) is 0 Å². The Kier molecular flexibility index (Phi) is 6.24. The molecule has 2 N–H and O–H groups in total. The number of likely N-dealkylation sites (N-methyl/N-ethyl adjacent to an activating group) is 1. The molecule has 34 heavy (non-hydrogen) atoms. The predicted octanol–water partition coefficient (Wildman–Crippen LogP) is 0.612. The Balaban J connectivity index is 1.83. The highest BCUT2D eigenvalue weighted by Crippen LogP contribution is 2.34. The summed E-state index contributed by atoms with van der Waals surface area (Å²) in [5, 5.41) is 16.4. The number of carboxylic acid groups (broad SMARTS) is 1. The fourth-order valence-electron chi connectivity index (χ4n) is 5.13. The number of hydrogen-bond donors (Lipinski definition) is 2. The van der Waals surface area contributed by atoms with E-state index in [0.717, 1.165) is 10.9 Å². The van der Waals surface area contributed by atoms with Crippen molar-refractivity contribution in [2.24, 2.45) is 0 Å². The number of aliphatic carboxylic acids is 1. The fraction of sp³-hybridized carbons (Fsp3) is 0.435. The molecule has 2 aliphatic heterocycles. The molecule has 3 atom stereocenters. The van der Waals surface area contributed by atoms with Crippen LogP contribution in [0.15, 0.2) is 36.5 Å². The molecular weight excluding hydrogens is 440 g/mol. The van der Waals surface area contributed by atoms with Crippen LogP contribution < -0.4 is 5.32 Å². The van der Waals surface area contributed by atoms with Crippen molar-refractivity contribution < 1.29 is 28.8 Å². The number of piperazine rings is 1. The molecule has 1 aromatic heterocycles. The molecule has 3 heterocycles. The van der Waals surface area contributed by atoms with Gasteiger partial charge in [-0.15, -0.1) is 0 Å². The number of aromatic nitrogens is 1. The van der Waals surface area contributed by atoms with Crippen molar-refractivity contribution in [3.8, 4) is 0 Å². The Morgan fingerprint density at radius 2 is 1.94 bits per heavy atom. The number of rotatable bonds is 5. The second kappa shape index (κ2) is 8.99. The van der Waals surface area contributed by atoms with E-state index in [1.165, 1.54) is 14.9 Å². The van der Waals surface area contributed by atoms with Crippen LogP contribution in [0.5, 0.6) is 0 Å². The smallest absolute Gasteiger partial charge is 0.359 e. The van der Waals surface area contributed by atoms with Crippen molar-refractivity contribution in [2.75, 3.05) is 33.2 Å². The summed E-state index contributed by atoms with van der Waals surface area (Å²) in [7, 11) is 1.63. The number of amides is 4. The Morgan fingerprint density at radius 1 is 1.21 bits per heavy atom. The highest BCUT2D eigenvalue weighted by molar-refractivity contribution is 5.88. The Morgan fingerprint density at radius 3 is 2.65 bits per heavy atom. The van der Waals surface area contributed by atoms with Crippen LogP contribution in [-0.4, -0.2) is 98.7 Å². The lowest BCUT2D eigenvalue weighted by Gasteiger charge is -2.56. The normalized spacial score (nSPS) is 25.4. The maximum absolute atomic E-state index is 13.6. The van der Waals surface area contributed by atoms with Crippen molar-refractivity contribution in [1.82, 2.24) is 25.2 Å². The number of para-hydroxylation sites is 1. The van der Waals surface area contributed by atoms with Crippen LogP contribution in [0.4, 0.5) is 4.79 Å². The summed E-state index contributed by atoms with van der Waals surface area (Å²) in [4.78, 5) is 57.4. The van der Waals surface area contributed by atoms with E-state index in [2.05, 4.69) is 10.3 Å². The van der Waals surface area contributed by atoms with Gasteiger partial charge in [-0.1, -0.05) is 24.3 Å². The molecule has 2 aliphatic rings. The van der Waals surface area contributed by atoms with Gasteiger partial charge < -0.3 is 15.3 Å². The average molecular weight is 470 g/mol. The predicted molar refractivity (Wildman–Crippen MR) is 122 cm³/mol. The van der Waals surface area contributed by atoms with Gasteiger partial charge >= 0.3 is 17.9 Å². The number of nitrogens with zero attached hydrogens (tertiary/aromatic N) is 5. The van der Waals surface area contributed by atoms with Crippen molar-refractivity contribution in [1.29, 1.82) is 0 Å². The molecular formula is C23H29N6O5+. The summed E-state index contributed by atoms with van der Waals surface area (Å²) in [5.41, 5.74) is 1.42. The zero-order valence-corrected chi connectivity index (χ0v) is 19.5. The third-order valence-electron chi connectivity index (χ3n) is 6.76. The molecule has 11 nitrogen and oxygen atoms in total. The zero-order valence-electron chi connectivity index (χ0n) is 19.5. The lowest BCUT2D eigenvalue weighted by Crippen LogP contribution is -2.80. The molecule has 0 spiro atoms. The molecule has 0 saturated carbocycles. The number of pyridine rings is 1. The molecule has 11 heteroatoms. The largest absolute Gasteiger partial charge is 0.477 e. The lowest BCUT2D eigenvalue weighted by atomic mass is 9.99. The number of carbonyl (C=O) groups is 4. The van der Waals surface area contributed by atoms with E-state index in [4.69, 9.17) is 0 Å². The molecule has 1 aromatic carbocycles. The van der Waals surface area contributed by atoms with Gasteiger partial charge in [-0.25, -0.2) is 28.9 Å². The first-order valence-corrected chi connectivity index (χ1v) is 11.2. The van der Waals surface area contributed by atoms with Gasteiger partial charge in [-0.3, -0.25) is 9.78 Å². The first-order chi connectivity index (χ1) is 16.2. The van der Waals surface area contributed by atoms with Gasteiger partial charge in [0.15, 0.2) is 12.7 Å². The van der Waals surface area contributed by atoms with E-state index in [-0.39, 0.29) is 31.4 Å². The molecule has 1 unspecified atom stereocenters. The zero-order chi connectivity index (χ0) is 24.6. The highest BCUT2D eigenvalue weighted by Gasteiger charge is 2.59. The Labute approximate surface area is 197 Å². The summed E-state index contributed by atoms with van der Waals surface area (Å²) in [6.07, 6.45) is 0.833. The van der Waals surface area contributed by atoms with Crippen LogP contribution in [0.1, 0.15) is 19.4 Å². The summed E-state index contributed by atoms with van der Waals surface area (Å²) in [6, 6.07) is 8.18. The third-order valence-corrected chi connectivity index (χ3v) is 6.76. The van der Waals surface area contributed by atoms with E-state index >= 15 is 0 Å². The number of nitrogens with one attached hydrogen (secondary N) is 1. The topological polar surface area (TPSA) is 123 Å². The van der Waals surface area contributed by atoms with E-state index in [0.29, 0.717) is 12.1 Å². The number of urea groups is 1. The van der Waals surface area contributed by atoms with Crippen molar-refractivity contribution in [3.63, 3.8) is 0 Å². The van der Waals surface area contributed by atoms with Gasteiger partial charge in [0, 0.05) is 30.7 Å². The number of fused-ring (bicyclic) bond motifs is 2. The Bertz CT molecular complexity index is 1150. The van der Waals surface area contributed by atoms with Crippen molar-refractivity contribution in [3.05, 3.63) is 42.1 Å². The summed E-state index contributed by atoms with van der Waals surface area (Å²) in [6.45, 7) is 3.17. The summed E-state index contributed by atoms with van der Waals surface area (Å²) in [5.74, 6) is -1.80. The van der Waals surface area contributed by atoms with E-state index < -0.39 is 35.2 Å². The minimum absolute atomic E-state index is 0.0557. The van der Waals surface area contributed by atoms with Gasteiger partial charge in [0.1, 0.15) is 19.1 Å². The summed E-state index contributed by atoms with van der Waals surface area (Å²) >= 11 is 0. The van der Waals surface area contributed by atoms with Gasteiger partial charge in [-0.05, 0) is 19.9 Å². The number of carboxylic acids is 1. The van der Waals surface area contributed by atoms with Crippen LogP contribution in [0.25, 0.3) is 10.9 Å². The van der Waals surface area contributed by atoms with Crippen LogP contribution >= 0.6 is 0 Å². The number of carbonyl (C=O) groups excluding carboxylic acids is 3. The van der Waals surface area contributed by atoms with E-state index in [9.17, 15) is 24.3 Å². The summed E-state index contributed by atoms with van der Waals surface area (Å²) < 4.78 is -0.441. The van der Waals surface area contributed by atoms with E-state index in [1.807, 2.05) is 30.3 Å². The maximum Gasteiger partial charge on any atom is 0.359 e. The molecule has 4 rings (SSSR count). The molecule has 2 aromatic rings. The molecule has 0 aliphatic carbocycles. The molecule has 4 amide bonds. The average Bonchev–Trinajstić information content (AvgIpc) is 2.78. The minimum Gasteiger partial charge on any atom is -0.477 e. The second-order valence-electron chi connectivity index (χ2n) is 8.80. The molecule has 2 saturated heterocycles. The number of quaternary nitrogens is 1. The fourth-order valence-corrected chi connectivity index (χ4v) is 5.13. The first-order valence-electron chi connectivity index (χ1n) is 11.2. The SMILES string of the molecule is CCNC(=O)N1[C@H]2[C@H](C)[N+](CC(=O)O)(Cc3cccc4cccnc34)C(=O)CN2C(=O)CN1C. The molecule has 0 bridgehead atoms. The third kappa shape index (κ3) is 3.86. The van der Waals surface area contributed by atoms with Crippen molar-refractivity contribution >= 4 is 34.7 Å². The molecule has 2 fully saturated rings. The van der Waals surface area contributed by atoms with Crippen molar-refractivity contribution in [2.45, 2.75) is 32.6 Å². The number of hydrogen-bond acceptors (Lipinski definition) is 6. The number of hydrazine groups is 1. The standard InChI is InChI=1S/C23H28N6O5/c1-4-24-23(34)28-22-15(2)29(14-20(32)33,19(31)12-27(22)18(30)11-26(28)3)13-17-8-5-7-16-9-6-10-25-21(16)17/h5-10,15,22H,4,11-14H2,1-3H3,(H-,24,32,33,34)/p+1/t15-,22-,29?/m0/s1. The monoisotopic (exact) mass is 469 g/mol.